The topological polar surface area (TPSA) is 138 Å². The minimum atomic E-state index is -0.258. The molecule has 10 rings (SSSR count). The van der Waals surface area contributed by atoms with Crippen molar-refractivity contribution in [1.82, 2.24) is 35.1 Å². The van der Waals surface area contributed by atoms with Crippen LogP contribution in [0.3, 0.4) is 0 Å². The van der Waals surface area contributed by atoms with Gasteiger partial charge in [-0.3, -0.25) is 14.6 Å². The smallest absolute Gasteiger partial charge is 0.277 e. The zero-order chi connectivity index (χ0) is 44.2. The molecule has 0 spiro atoms. The Balaban J connectivity index is 0.813. The fraction of sp³-hybridized carbons (Fsp3) is 0.240. The van der Waals surface area contributed by atoms with Crippen LogP contribution in [-0.2, 0) is 0 Å². The van der Waals surface area contributed by atoms with Gasteiger partial charge >= 0.3 is 0 Å². The van der Waals surface area contributed by atoms with Crippen LogP contribution in [0.15, 0.2) is 114 Å². The SMILES string of the molecule is COc1cccc2c(C(=O)N3C[C@H](C)C=C3c3ncc(-c4ccc(-c5ccc(C6CN=C(C7C[C@@H](C)CN7C(=O)c7nc(Cl)cc8c(OC)cccc78)N6)cc5)cc4)[nH]3)nc(Cl)cc12. The number of amidine groups is 1. The van der Waals surface area contributed by atoms with Crippen LogP contribution in [0.5, 0.6) is 11.5 Å². The van der Waals surface area contributed by atoms with Gasteiger partial charge < -0.3 is 29.6 Å². The molecular weight excluding hydrogens is 848 g/mol. The second-order valence-corrected chi connectivity index (χ2v) is 17.5. The fourth-order valence-electron chi connectivity index (χ4n) is 9.31. The number of carbonyl (C=O) groups is 2. The highest BCUT2D eigenvalue weighted by Gasteiger charge is 2.40. The van der Waals surface area contributed by atoms with Gasteiger partial charge in [-0.15, -0.1) is 0 Å². The van der Waals surface area contributed by atoms with Crippen molar-refractivity contribution in [3.63, 3.8) is 0 Å². The minimum Gasteiger partial charge on any atom is -0.496 e. The van der Waals surface area contributed by atoms with Gasteiger partial charge in [0.25, 0.3) is 11.8 Å². The molecule has 1 saturated heterocycles. The molecule has 4 atom stereocenters. The van der Waals surface area contributed by atoms with E-state index >= 15 is 0 Å². The summed E-state index contributed by atoms with van der Waals surface area (Å²) in [6.45, 7) is 5.88. The molecule has 2 unspecified atom stereocenters. The van der Waals surface area contributed by atoms with Crippen molar-refractivity contribution in [2.75, 3.05) is 33.9 Å². The lowest BCUT2D eigenvalue weighted by molar-refractivity contribution is 0.0760. The Morgan fingerprint density at radius 1 is 0.734 bits per heavy atom. The summed E-state index contributed by atoms with van der Waals surface area (Å²) >= 11 is 12.9. The predicted molar refractivity (Wildman–Crippen MR) is 251 cm³/mol. The third-order valence-electron chi connectivity index (χ3n) is 12.4. The summed E-state index contributed by atoms with van der Waals surface area (Å²) in [7, 11) is 3.19. The van der Waals surface area contributed by atoms with E-state index in [1.807, 2.05) is 41.3 Å². The number of fused-ring (bicyclic) bond motifs is 2. The molecule has 3 aliphatic rings. The molecule has 12 nitrogen and oxygen atoms in total. The minimum absolute atomic E-state index is 0.0166. The standard InChI is InChI=1S/C50H44Cl2N8O4/c1-27-19-39(59(25-27)49(61)45-33-7-5-9-41(63-3)35(33)21-43(51)57-45)47-53-23-37(55-47)31-15-11-29(12-16-31)30-13-17-32(18-14-30)38-24-54-48(56-38)40-20-28(2)26-60(40)50(62)46-34-8-6-10-42(64-4)36(34)22-44(52)58-46/h5-19,21-23,27-28,38,40H,20,24-26H2,1-4H3,(H,53,55)(H,54,56)/t27-,28-,38?,40?/m1/s1. The summed E-state index contributed by atoms with van der Waals surface area (Å²) in [5, 5.41) is 6.96. The molecule has 6 heterocycles. The molecule has 0 radical (unpaired) electrons. The molecule has 2 amide bonds. The predicted octanol–water partition coefficient (Wildman–Crippen LogP) is 9.89. The highest BCUT2D eigenvalue weighted by molar-refractivity contribution is 6.31. The first kappa shape index (κ1) is 41.3. The zero-order valence-electron chi connectivity index (χ0n) is 35.6. The lowest BCUT2D eigenvalue weighted by Gasteiger charge is -2.26. The van der Waals surface area contributed by atoms with Gasteiger partial charge in [-0.2, -0.15) is 0 Å². The number of aromatic amines is 1. The number of pyridine rings is 2. The molecule has 322 valence electrons. The average Bonchev–Trinajstić information content (AvgIpc) is 4.15. The van der Waals surface area contributed by atoms with Crippen LogP contribution in [0.4, 0.5) is 0 Å². The van der Waals surface area contributed by atoms with Gasteiger partial charge in [-0.05, 0) is 64.8 Å². The van der Waals surface area contributed by atoms with Crippen LogP contribution in [-0.4, -0.2) is 87.3 Å². The zero-order valence-corrected chi connectivity index (χ0v) is 37.1. The molecule has 7 aromatic rings. The number of halogens is 2. The number of aromatic nitrogens is 4. The molecular formula is C50H44Cl2N8O4. The molecule has 4 aromatic carbocycles. The lowest BCUT2D eigenvalue weighted by atomic mass is 9.99. The number of hydrogen-bond donors (Lipinski definition) is 2. The first-order valence-corrected chi connectivity index (χ1v) is 22.0. The van der Waals surface area contributed by atoms with E-state index < -0.39 is 0 Å². The van der Waals surface area contributed by atoms with Crippen LogP contribution < -0.4 is 14.8 Å². The number of aliphatic imine (C=N–C) groups is 1. The molecule has 2 N–H and O–H groups in total. The number of amides is 2. The van der Waals surface area contributed by atoms with Gasteiger partial charge in [0.05, 0.1) is 50.4 Å². The van der Waals surface area contributed by atoms with Crippen molar-refractivity contribution in [2.24, 2.45) is 16.8 Å². The van der Waals surface area contributed by atoms with E-state index in [2.05, 4.69) is 88.7 Å². The summed E-state index contributed by atoms with van der Waals surface area (Å²) in [5.74, 6) is 2.64. The van der Waals surface area contributed by atoms with Crippen molar-refractivity contribution < 1.29 is 19.1 Å². The van der Waals surface area contributed by atoms with Gasteiger partial charge in [0.15, 0.2) is 5.82 Å². The molecule has 0 saturated carbocycles. The molecule has 3 aromatic heterocycles. The first-order chi connectivity index (χ1) is 31.1. The number of imidazole rings is 1. The maximum Gasteiger partial charge on any atom is 0.277 e. The van der Waals surface area contributed by atoms with E-state index in [-0.39, 0.29) is 45.8 Å². The molecule has 64 heavy (non-hydrogen) atoms. The van der Waals surface area contributed by atoms with Crippen LogP contribution in [0.2, 0.25) is 10.3 Å². The third-order valence-corrected chi connectivity index (χ3v) is 12.8. The van der Waals surface area contributed by atoms with E-state index in [9.17, 15) is 9.59 Å². The molecule has 1 fully saturated rings. The number of benzene rings is 4. The van der Waals surface area contributed by atoms with Gasteiger partial charge in [-0.1, -0.05) is 116 Å². The number of likely N-dealkylation sites (tertiary alicyclic amines) is 1. The average molecular weight is 892 g/mol. The van der Waals surface area contributed by atoms with Crippen molar-refractivity contribution in [3.8, 4) is 33.9 Å². The fourth-order valence-corrected chi connectivity index (χ4v) is 9.69. The molecule has 0 aliphatic carbocycles. The number of H-pyrrole nitrogens is 1. The summed E-state index contributed by atoms with van der Waals surface area (Å²) in [6, 6.07) is 31.2. The van der Waals surface area contributed by atoms with Gasteiger partial charge in [0, 0.05) is 34.6 Å². The van der Waals surface area contributed by atoms with Crippen LogP contribution in [0, 0.1) is 11.8 Å². The van der Waals surface area contributed by atoms with Gasteiger partial charge in [0.1, 0.15) is 39.0 Å². The van der Waals surface area contributed by atoms with E-state index in [0.717, 1.165) is 51.0 Å². The van der Waals surface area contributed by atoms with E-state index in [0.29, 0.717) is 65.0 Å². The third kappa shape index (κ3) is 7.50. The van der Waals surface area contributed by atoms with Crippen LogP contribution in [0.1, 0.15) is 58.7 Å². The monoisotopic (exact) mass is 890 g/mol. The Labute approximate surface area is 380 Å². The Morgan fingerprint density at radius 3 is 1.95 bits per heavy atom. The maximum absolute atomic E-state index is 14.2. The number of ether oxygens (including phenoxy) is 2. The largest absolute Gasteiger partial charge is 0.496 e. The van der Waals surface area contributed by atoms with E-state index in [1.165, 1.54) is 0 Å². The summed E-state index contributed by atoms with van der Waals surface area (Å²) in [4.78, 5) is 54.1. The van der Waals surface area contributed by atoms with E-state index in [1.54, 1.807) is 37.4 Å². The molecule has 3 aliphatic heterocycles. The van der Waals surface area contributed by atoms with Crippen LogP contribution >= 0.6 is 23.2 Å². The normalized spacial score (nSPS) is 19.5. The quantitative estimate of drug-likeness (QED) is 0.137. The maximum atomic E-state index is 14.2. The summed E-state index contributed by atoms with van der Waals surface area (Å²) in [5.41, 5.74) is 6.33. The highest BCUT2D eigenvalue weighted by atomic mass is 35.5. The van der Waals surface area contributed by atoms with E-state index in [4.69, 9.17) is 42.7 Å². The number of carbonyl (C=O) groups excluding carboxylic acids is 2. The Morgan fingerprint density at radius 2 is 1.33 bits per heavy atom. The number of hydrogen-bond acceptors (Lipinski definition) is 9. The van der Waals surface area contributed by atoms with Crippen LogP contribution in [0.25, 0.3) is 49.6 Å². The number of nitrogens with zero attached hydrogens (tertiary/aromatic N) is 6. The van der Waals surface area contributed by atoms with Gasteiger partial charge in [0.2, 0.25) is 0 Å². The second-order valence-electron chi connectivity index (χ2n) is 16.7. The second kappa shape index (κ2) is 16.7. The Kier molecular flexibility index (Phi) is 10.8. The first-order valence-electron chi connectivity index (χ1n) is 21.2. The summed E-state index contributed by atoms with van der Waals surface area (Å²) in [6.07, 6.45) is 4.65. The van der Waals surface area contributed by atoms with Crippen molar-refractivity contribution in [3.05, 3.63) is 142 Å². The van der Waals surface area contributed by atoms with Crippen molar-refractivity contribution >= 4 is 68.1 Å². The molecule has 0 bridgehead atoms. The number of rotatable bonds is 9. The number of methoxy groups -OCH3 is 2. The highest BCUT2D eigenvalue weighted by Crippen LogP contribution is 2.36. The van der Waals surface area contributed by atoms with Crippen molar-refractivity contribution in [2.45, 2.75) is 32.4 Å². The van der Waals surface area contributed by atoms with Crippen molar-refractivity contribution in [1.29, 1.82) is 0 Å². The van der Waals surface area contributed by atoms with Gasteiger partial charge in [-0.25, -0.2) is 15.0 Å². The Bertz CT molecular complexity index is 3040. The summed E-state index contributed by atoms with van der Waals surface area (Å²) < 4.78 is 11.1. The molecule has 14 heteroatoms. The Hall–Kier alpha value is -6.76. The lowest BCUT2D eigenvalue weighted by Crippen LogP contribution is -2.45. The number of nitrogens with one attached hydrogen (secondary N) is 2.